The molecule has 32 heavy (non-hydrogen) atoms. The molecule has 1 saturated carbocycles. The fourth-order valence-electron chi connectivity index (χ4n) is 4.77. The molecule has 172 valence electrons. The number of nitrogens with zero attached hydrogens (tertiary/aromatic N) is 3. The van der Waals surface area contributed by atoms with Crippen LogP contribution in [0.3, 0.4) is 0 Å². The van der Waals surface area contributed by atoms with Gasteiger partial charge >= 0.3 is 6.18 Å². The molecule has 1 aromatic carbocycles. The molecule has 2 heterocycles. The fourth-order valence-corrected chi connectivity index (χ4v) is 4.77. The van der Waals surface area contributed by atoms with E-state index in [0.29, 0.717) is 29.2 Å². The zero-order chi connectivity index (χ0) is 23.1. The van der Waals surface area contributed by atoms with E-state index >= 15 is 0 Å². The molecule has 2 fully saturated rings. The highest BCUT2D eigenvalue weighted by Gasteiger charge is 2.50. The highest BCUT2D eigenvalue weighted by molar-refractivity contribution is 5.87. The number of ether oxygens (including phenoxy) is 1. The van der Waals surface area contributed by atoms with Crippen LogP contribution < -0.4 is 16.2 Å². The van der Waals surface area contributed by atoms with Gasteiger partial charge in [-0.1, -0.05) is 6.58 Å². The third-order valence-electron chi connectivity index (χ3n) is 6.39. The van der Waals surface area contributed by atoms with Gasteiger partial charge in [0.05, 0.1) is 11.7 Å². The molecule has 2 aliphatic rings. The van der Waals surface area contributed by atoms with Crippen molar-refractivity contribution in [2.24, 2.45) is 11.1 Å². The van der Waals surface area contributed by atoms with Gasteiger partial charge in [-0.3, -0.25) is 4.79 Å². The predicted octanol–water partition coefficient (Wildman–Crippen LogP) is 3.27. The highest BCUT2D eigenvalue weighted by atomic mass is 19.4. The van der Waals surface area contributed by atoms with E-state index in [1.807, 2.05) is 4.90 Å². The Morgan fingerprint density at radius 3 is 2.59 bits per heavy atom. The van der Waals surface area contributed by atoms with Crippen LogP contribution in [0.25, 0.3) is 11.3 Å². The van der Waals surface area contributed by atoms with Crippen molar-refractivity contribution < 1.29 is 22.7 Å². The van der Waals surface area contributed by atoms with Crippen molar-refractivity contribution in [2.75, 3.05) is 25.4 Å². The first-order valence-electron chi connectivity index (χ1n) is 10.4. The number of aromatic nitrogens is 2. The molecule has 0 atom stereocenters. The number of amides is 1. The number of hydrogen-bond acceptors (Lipinski definition) is 5. The Morgan fingerprint density at radius 1 is 1.31 bits per heavy atom. The number of nitrogens with two attached hydrogens (primary N) is 2. The molecule has 10 heteroatoms. The van der Waals surface area contributed by atoms with Crippen LogP contribution in [0.1, 0.15) is 30.9 Å². The lowest BCUT2D eigenvalue weighted by Gasteiger charge is -2.45. The predicted molar refractivity (Wildman–Crippen MR) is 114 cm³/mol. The van der Waals surface area contributed by atoms with Gasteiger partial charge in [-0.05, 0) is 55.0 Å². The van der Waals surface area contributed by atoms with E-state index in [1.165, 1.54) is 18.2 Å². The number of benzene rings is 1. The number of hydrogen-bond donors (Lipinski definition) is 2. The summed E-state index contributed by atoms with van der Waals surface area (Å²) in [5.74, 6) is 0.574. The van der Waals surface area contributed by atoms with E-state index in [1.54, 1.807) is 16.8 Å². The molecule has 4 rings (SSSR count). The zero-order valence-corrected chi connectivity index (χ0v) is 17.6. The van der Waals surface area contributed by atoms with Gasteiger partial charge in [-0.15, -0.1) is 0 Å². The number of halogens is 3. The number of likely N-dealkylation sites (tertiary alicyclic amines) is 1. The van der Waals surface area contributed by atoms with E-state index in [-0.39, 0.29) is 29.7 Å². The van der Waals surface area contributed by atoms with Crippen LogP contribution in [0, 0.1) is 5.41 Å². The Hall–Kier alpha value is -3.01. The Bertz CT molecular complexity index is 1010. The van der Waals surface area contributed by atoms with Crippen LogP contribution in [0.5, 0.6) is 5.75 Å². The molecule has 1 spiro atoms. The Labute approximate surface area is 183 Å². The number of nitrogen functional groups attached to an aromatic ring is 1. The normalized spacial score (nSPS) is 22.8. The molecule has 1 aromatic heterocycles. The van der Waals surface area contributed by atoms with E-state index in [4.69, 9.17) is 21.3 Å². The molecule has 4 N–H and O–H groups in total. The average molecular weight is 449 g/mol. The minimum atomic E-state index is -4.39. The molecule has 1 aliphatic heterocycles. The molecule has 0 radical (unpaired) electrons. The van der Waals surface area contributed by atoms with Crippen LogP contribution in [0.15, 0.2) is 36.9 Å². The van der Waals surface area contributed by atoms with Crippen LogP contribution in [-0.2, 0) is 11.3 Å². The minimum absolute atomic E-state index is 0.0423. The lowest BCUT2D eigenvalue weighted by Crippen LogP contribution is -2.42. The molecular formula is C22H26F3N5O2. The summed E-state index contributed by atoms with van der Waals surface area (Å²) < 4.78 is 43.6. The Morgan fingerprint density at radius 2 is 2.00 bits per heavy atom. The van der Waals surface area contributed by atoms with Crippen molar-refractivity contribution in [3.8, 4) is 17.0 Å². The highest BCUT2D eigenvalue weighted by Crippen LogP contribution is 2.54. The number of anilines is 1. The largest absolute Gasteiger partial charge is 0.484 e. The maximum absolute atomic E-state index is 12.3. The molecule has 1 aliphatic carbocycles. The second-order valence-corrected chi connectivity index (χ2v) is 8.57. The third-order valence-corrected chi connectivity index (χ3v) is 6.39. The lowest BCUT2D eigenvalue weighted by atomic mass is 9.65. The summed E-state index contributed by atoms with van der Waals surface area (Å²) in [6.07, 6.45) is -0.366. The average Bonchev–Trinajstić information content (AvgIpc) is 3.32. The number of carbonyl (C=O) groups is 1. The zero-order valence-electron chi connectivity index (χ0n) is 17.6. The van der Waals surface area contributed by atoms with Crippen LogP contribution in [-0.4, -0.2) is 46.5 Å². The molecular weight excluding hydrogens is 423 g/mol. The monoisotopic (exact) mass is 449 g/mol. The van der Waals surface area contributed by atoms with Crippen molar-refractivity contribution in [2.45, 2.75) is 38.0 Å². The molecule has 1 saturated heterocycles. The summed E-state index contributed by atoms with van der Waals surface area (Å²) in [6, 6.07) is 6.35. The summed E-state index contributed by atoms with van der Waals surface area (Å²) in [6.45, 7) is 3.84. The SMILES string of the molecule is C=CC(=O)N1CCC2(CC(n3nc(-c4ccc(OCC(F)(F)F)cc4)c(CN)c3N)C2)C1. The first kappa shape index (κ1) is 22.2. The standard InChI is InChI=1S/C22H26F3N5O2/c1-2-18(31)29-8-7-21(12-29)9-15(10-21)30-20(27)17(11-26)19(28-30)14-3-5-16(6-4-14)32-13-22(23,24)25/h2-6,15H,1,7-13,26-27H2. The van der Waals surface area contributed by atoms with Crippen LogP contribution in [0.2, 0.25) is 0 Å². The maximum atomic E-state index is 12.3. The van der Waals surface area contributed by atoms with Crippen molar-refractivity contribution in [3.05, 3.63) is 42.5 Å². The van der Waals surface area contributed by atoms with Crippen molar-refractivity contribution >= 4 is 11.7 Å². The van der Waals surface area contributed by atoms with Gasteiger partial charge in [-0.2, -0.15) is 18.3 Å². The first-order valence-corrected chi connectivity index (χ1v) is 10.4. The van der Waals surface area contributed by atoms with Crippen LogP contribution in [0.4, 0.5) is 19.0 Å². The van der Waals surface area contributed by atoms with Gasteiger partial charge in [0.25, 0.3) is 0 Å². The minimum Gasteiger partial charge on any atom is -0.484 e. The molecule has 0 unspecified atom stereocenters. The maximum Gasteiger partial charge on any atom is 0.422 e. The summed E-state index contributed by atoms with van der Waals surface area (Å²) in [7, 11) is 0. The number of carbonyl (C=O) groups excluding carboxylic acids is 1. The number of alkyl halides is 3. The number of rotatable bonds is 6. The van der Waals surface area contributed by atoms with E-state index < -0.39 is 12.8 Å². The first-order chi connectivity index (χ1) is 15.1. The van der Waals surface area contributed by atoms with Crippen molar-refractivity contribution in [1.29, 1.82) is 0 Å². The van der Waals surface area contributed by atoms with Gasteiger partial charge in [0.1, 0.15) is 11.6 Å². The molecule has 0 bridgehead atoms. The summed E-state index contributed by atoms with van der Waals surface area (Å²) >= 11 is 0. The van der Waals surface area contributed by atoms with Crippen LogP contribution >= 0.6 is 0 Å². The molecule has 7 nitrogen and oxygen atoms in total. The fraction of sp³-hybridized carbons (Fsp3) is 0.455. The second-order valence-electron chi connectivity index (χ2n) is 8.57. The molecule has 1 amide bonds. The summed E-state index contributed by atoms with van der Waals surface area (Å²) in [4.78, 5) is 13.7. The summed E-state index contributed by atoms with van der Waals surface area (Å²) in [5, 5.41) is 4.71. The van der Waals surface area contributed by atoms with Gasteiger partial charge in [0.2, 0.25) is 5.91 Å². The van der Waals surface area contributed by atoms with Gasteiger partial charge < -0.3 is 21.1 Å². The van der Waals surface area contributed by atoms with Gasteiger partial charge in [0, 0.05) is 30.8 Å². The van der Waals surface area contributed by atoms with Gasteiger partial charge in [0.15, 0.2) is 6.61 Å². The second kappa shape index (κ2) is 8.16. The van der Waals surface area contributed by atoms with E-state index in [2.05, 4.69) is 6.58 Å². The molecule has 2 aromatic rings. The van der Waals surface area contributed by atoms with Crippen molar-refractivity contribution in [3.63, 3.8) is 0 Å². The third kappa shape index (κ3) is 4.19. The topological polar surface area (TPSA) is 99.4 Å². The van der Waals surface area contributed by atoms with Gasteiger partial charge in [-0.25, -0.2) is 4.68 Å². The van der Waals surface area contributed by atoms with E-state index in [9.17, 15) is 18.0 Å². The Balaban J connectivity index is 1.49. The quantitative estimate of drug-likeness (QED) is 0.660. The van der Waals surface area contributed by atoms with Crippen molar-refractivity contribution in [1.82, 2.24) is 14.7 Å². The Kier molecular flexibility index (Phi) is 5.66. The summed E-state index contributed by atoms with van der Waals surface area (Å²) in [5.41, 5.74) is 14.4. The smallest absolute Gasteiger partial charge is 0.422 e. The van der Waals surface area contributed by atoms with E-state index in [0.717, 1.165) is 25.8 Å². The lowest BCUT2D eigenvalue weighted by molar-refractivity contribution is -0.153.